The molecule has 0 atom stereocenters. The summed E-state index contributed by atoms with van der Waals surface area (Å²) in [5.74, 6) is -0.365. The molecule has 1 nitrogen and oxygen atoms in total. The Labute approximate surface area is 85.1 Å². The van der Waals surface area contributed by atoms with Gasteiger partial charge < -0.3 is 5.32 Å². The average molecular weight is 221 g/mol. The van der Waals surface area contributed by atoms with Crippen molar-refractivity contribution in [3.63, 3.8) is 0 Å². The molecular formula is C10H11F4N. The summed E-state index contributed by atoms with van der Waals surface area (Å²) in [7, 11) is 0. The summed E-state index contributed by atoms with van der Waals surface area (Å²) in [4.78, 5) is 0. The van der Waals surface area contributed by atoms with E-state index < -0.39 is 12.6 Å². The number of nitrogens with one attached hydrogen (secondary N) is 1. The van der Waals surface area contributed by atoms with Gasteiger partial charge in [-0.2, -0.15) is 13.2 Å². The lowest BCUT2D eigenvalue weighted by atomic mass is 10.2. The molecule has 0 heterocycles. The second-order valence-corrected chi connectivity index (χ2v) is 3.15. The lowest BCUT2D eigenvalue weighted by molar-refractivity contribution is -0.134. The van der Waals surface area contributed by atoms with E-state index in [1.807, 2.05) is 0 Å². The first-order valence-electron chi connectivity index (χ1n) is 4.53. The van der Waals surface area contributed by atoms with Crippen molar-refractivity contribution >= 4 is 5.69 Å². The first-order valence-corrected chi connectivity index (χ1v) is 4.53. The summed E-state index contributed by atoms with van der Waals surface area (Å²) in [5, 5.41) is 2.78. The van der Waals surface area contributed by atoms with Crippen LogP contribution in [0.4, 0.5) is 23.2 Å². The molecule has 1 aromatic carbocycles. The Morgan fingerprint density at radius 3 is 2.20 bits per heavy atom. The van der Waals surface area contributed by atoms with Crippen molar-refractivity contribution in [2.75, 3.05) is 11.9 Å². The highest BCUT2D eigenvalue weighted by Gasteiger charge is 2.25. The Hall–Kier alpha value is -1.26. The highest BCUT2D eigenvalue weighted by atomic mass is 19.4. The van der Waals surface area contributed by atoms with E-state index in [4.69, 9.17) is 0 Å². The molecule has 0 unspecified atom stereocenters. The van der Waals surface area contributed by atoms with Crippen molar-refractivity contribution in [1.82, 2.24) is 0 Å². The van der Waals surface area contributed by atoms with Crippen LogP contribution < -0.4 is 5.32 Å². The first kappa shape index (κ1) is 11.8. The molecule has 1 rings (SSSR count). The predicted octanol–water partition coefficient (Wildman–Crippen LogP) is 3.58. The lowest BCUT2D eigenvalue weighted by Gasteiger charge is -2.08. The fraction of sp³-hybridized carbons (Fsp3) is 0.400. The second-order valence-electron chi connectivity index (χ2n) is 3.15. The van der Waals surface area contributed by atoms with E-state index in [9.17, 15) is 17.6 Å². The molecule has 0 fully saturated rings. The summed E-state index contributed by atoms with van der Waals surface area (Å²) in [6, 6.07) is 5.49. The standard InChI is InChI=1S/C10H11F4N/c11-8-2-4-9(5-3-8)15-7-1-6-10(12,13)14/h2-5,15H,1,6-7H2. The molecule has 0 aliphatic carbocycles. The molecule has 15 heavy (non-hydrogen) atoms. The second kappa shape index (κ2) is 5.00. The fourth-order valence-corrected chi connectivity index (χ4v) is 1.09. The fourth-order valence-electron chi connectivity index (χ4n) is 1.09. The molecule has 5 heteroatoms. The van der Waals surface area contributed by atoms with E-state index in [0.717, 1.165) is 0 Å². The summed E-state index contributed by atoms with van der Waals surface area (Å²) in [6.07, 6.45) is -4.90. The molecule has 0 bridgehead atoms. The number of hydrogen-bond donors (Lipinski definition) is 1. The zero-order valence-corrected chi connectivity index (χ0v) is 7.94. The summed E-state index contributed by atoms with van der Waals surface area (Å²) in [6.45, 7) is 0.227. The van der Waals surface area contributed by atoms with Gasteiger partial charge in [-0.1, -0.05) is 0 Å². The van der Waals surface area contributed by atoms with Crippen molar-refractivity contribution in [3.05, 3.63) is 30.1 Å². The molecular weight excluding hydrogens is 210 g/mol. The van der Waals surface area contributed by atoms with E-state index in [-0.39, 0.29) is 18.8 Å². The van der Waals surface area contributed by atoms with Crippen LogP contribution in [-0.2, 0) is 0 Å². The van der Waals surface area contributed by atoms with Crippen molar-refractivity contribution < 1.29 is 17.6 Å². The lowest BCUT2D eigenvalue weighted by Crippen LogP contribution is -2.10. The van der Waals surface area contributed by atoms with Crippen LogP contribution in [0, 0.1) is 5.82 Å². The monoisotopic (exact) mass is 221 g/mol. The number of alkyl halides is 3. The minimum Gasteiger partial charge on any atom is -0.385 e. The molecule has 0 saturated carbocycles. The normalized spacial score (nSPS) is 11.5. The molecule has 1 N–H and O–H groups in total. The van der Waals surface area contributed by atoms with Gasteiger partial charge in [0.2, 0.25) is 0 Å². The first-order chi connectivity index (χ1) is 6.97. The van der Waals surface area contributed by atoms with Crippen LogP contribution in [0.5, 0.6) is 0 Å². The number of halogens is 4. The Kier molecular flexibility index (Phi) is 3.94. The molecule has 0 amide bonds. The van der Waals surface area contributed by atoms with E-state index in [0.29, 0.717) is 5.69 Å². The van der Waals surface area contributed by atoms with Crippen LogP contribution in [0.1, 0.15) is 12.8 Å². The van der Waals surface area contributed by atoms with Gasteiger partial charge in [0.05, 0.1) is 0 Å². The van der Waals surface area contributed by atoms with Crippen LogP contribution in [0.2, 0.25) is 0 Å². The topological polar surface area (TPSA) is 12.0 Å². The van der Waals surface area contributed by atoms with Gasteiger partial charge >= 0.3 is 6.18 Å². The zero-order chi connectivity index (χ0) is 11.3. The highest BCUT2D eigenvalue weighted by Crippen LogP contribution is 2.21. The van der Waals surface area contributed by atoms with Gasteiger partial charge in [0, 0.05) is 18.7 Å². The van der Waals surface area contributed by atoms with Crippen LogP contribution in [-0.4, -0.2) is 12.7 Å². The van der Waals surface area contributed by atoms with Crippen LogP contribution in [0.15, 0.2) is 24.3 Å². The van der Waals surface area contributed by atoms with Gasteiger partial charge in [0.1, 0.15) is 5.82 Å². The van der Waals surface area contributed by atoms with E-state index in [1.165, 1.54) is 24.3 Å². The van der Waals surface area contributed by atoms with E-state index in [2.05, 4.69) is 5.32 Å². The quantitative estimate of drug-likeness (QED) is 0.605. The van der Waals surface area contributed by atoms with E-state index >= 15 is 0 Å². The third-order valence-electron chi connectivity index (χ3n) is 1.81. The molecule has 0 saturated heterocycles. The van der Waals surface area contributed by atoms with Crippen molar-refractivity contribution in [3.8, 4) is 0 Å². The molecule has 0 aliphatic heterocycles. The van der Waals surface area contributed by atoms with Gasteiger partial charge in [0.25, 0.3) is 0 Å². The number of hydrogen-bond acceptors (Lipinski definition) is 1. The van der Waals surface area contributed by atoms with Gasteiger partial charge in [-0.3, -0.25) is 0 Å². The zero-order valence-electron chi connectivity index (χ0n) is 7.94. The Morgan fingerprint density at radius 1 is 1.07 bits per heavy atom. The molecule has 84 valence electrons. The van der Waals surface area contributed by atoms with Crippen LogP contribution >= 0.6 is 0 Å². The Morgan fingerprint density at radius 2 is 1.67 bits per heavy atom. The minimum atomic E-state index is -4.11. The van der Waals surface area contributed by atoms with Gasteiger partial charge in [-0.05, 0) is 30.7 Å². The van der Waals surface area contributed by atoms with Gasteiger partial charge in [-0.25, -0.2) is 4.39 Å². The highest BCUT2D eigenvalue weighted by molar-refractivity contribution is 5.42. The number of benzene rings is 1. The average Bonchev–Trinajstić information content (AvgIpc) is 2.14. The minimum absolute atomic E-state index is 0.0148. The Balaban J connectivity index is 2.23. The number of anilines is 1. The van der Waals surface area contributed by atoms with Gasteiger partial charge in [0.15, 0.2) is 0 Å². The molecule has 0 radical (unpaired) electrons. The van der Waals surface area contributed by atoms with Crippen LogP contribution in [0.25, 0.3) is 0 Å². The molecule has 1 aromatic rings. The number of rotatable bonds is 4. The largest absolute Gasteiger partial charge is 0.389 e. The van der Waals surface area contributed by atoms with Crippen molar-refractivity contribution in [1.29, 1.82) is 0 Å². The molecule has 0 spiro atoms. The van der Waals surface area contributed by atoms with Gasteiger partial charge in [-0.15, -0.1) is 0 Å². The molecule has 0 aromatic heterocycles. The van der Waals surface area contributed by atoms with E-state index in [1.54, 1.807) is 0 Å². The van der Waals surface area contributed by atoms with Crippen LogP contribution in [0.3, 0.4) is 0 Å². The smallest absolute Gasteiger partial charge is 0.385 e. The maximum absolute atomic E-state index is 12.5. The molecule has 0 aliphatic rings. The third-order valence-corrected chi connectivity index (χ3v) is 1.81. The predicted molar refractivity (Wildman–Crippen MR) is 50.2 cm³/mol. The maximum Gasteiger partial charge on any atom is 0.389 e. The van der Waals surface area contributed by atoms with Crippen molar-refractivity contribution in [2.45, 2.75) is 19.0 Å². The SMILES string of the molecule is Fc1ccc(NCCCC(F)(F)F)cc1. The Bertz CT molecular complexity index is 291. The maximum atomic E-state index is 12.5. The third kappa shape index (κ3) is 5.24. The summed E-state index contributed by atoms with van der Waals surface area (Å²) < 4.78 is 47.7. The summed E-state index contributed by atoms with van der Waals surface area (Å²) >= 11 is 0. The van der Waals surface area contributed by atoms with Crippen molar-refractivity contribution in [2.24, 2.45) is 0 Å². The summed E-state index contributed by atoms with van der Waals surface area (Å²) in [5.41, 5.74) is 0.624.